The Balaban J connectivity index is 1.79. The van der Waals surface area contributed by atoms with Gasteiger partial charge in [-0.25, -0.2) is 0 Å². The summed E-state index contributed by atoms with van der Waals surface area (Å²) in [7, 11) is 0. The molecule has 0 aliphatic heterocycles. The van der Waals surface area contributed by atoms with Crippen molar-refractivity contribution in [1.82, 2.24) is 15.5 Å². The molecule has 0 saturated carbocycles. The van der Waals surface area contributed by atoms with Crippen molar-refractivity contribution in [2.45, 2.75) is 36.9 Å². The number of rotatable bonds is 8. The topological polar surface area (TPSA) is 66.9 Å². The number of hydrogen-bond acceptors (Lipinski definition) is 6. The third kappa shape index (κ3) is 6.19. The molecule has 124 valence electrons. The van der Waals surface area contributed by atoms with Crippen molar-refractivity contribution in [3.63, 3.8) is 0 Å². The molecular weight excluding hydrogens is 328 g/mol. The Morgan fingerprint density at radius 1 is 1.22 bits per heavy atom. The molecule has 0 aliphatic rings. The Morgan fingerprint density at radius 2 is 1.96 bits per heavy atom. The van der Waals surface area contributed by atoms with E-state index in [9.17, 15) is 4.79 Å². The molecule has 2 N–H and O–H groups in total. The van der Waals surface area contributed by atoms with Crippen LogP contribution in [0.3, 0.4) is 0 Å². The molecular formula is C16H22N4OS2. The number of benzene rings is 1. The first-order valence-corrected chi connectivity index (χ1v) is 9.30. The average molecular weight is 351 g/mol. The van der Waals surface area contributed by atoms with Crippen molar-refractivity contribution in [1.29, 1.82) is 0 Å². The van der Waals surface area contributed by atoms with Crippen LogP contribution < -0.4 is 10.6 Å². The van der Waals surface area contributed by atoms with Gasteiger partial charge in [-0.15, -0.1) is 10.2 Å². The SMILES string of the molecule is CC(C)CNc1nnc(SC(C)C(=O)NCc2ccccc2)s1. The minimum Gasteiger partial charge on any atom is -0.360 e. The van der Waals surface area contributed by atoms with E-state index in [1.165, 1.54) is 23.1 Å². The van der Waals surface area contributed by atoms with E-state index in [4.69, 9.17) is 0 Å². The number of amides is 1. The highest BCUT2D eigenvalue weighted by molar-refractivity contribution is 8.02. The summed E-state index contributed by atoms with van der Waals surface area (Å²) in [6, 6.07) is 9.88. The fourth-order valence-electron chi connectivity index (χ4n) is 1.75. The molecule has 0 bridgehead atoms. The van der Waals surface area contributed by atoms with Gasteiger partial charge < -0.3 is 10.6 Å². The van der Waals surface area contributed by atoms with Gasteiger partial charge in [-0.1, -0.05) is 67.3 Å². The summed E-state index contributed by atoms with van der Waals surface area (Å²) in [5.74, 6) is 0.559. The minimum absolute atomic E-state index is 0.00532. The van der Waals surface area contributed by atoms with Gasteiger partial charge in [-0.3, -0.25) is 4.79 Å². The fourth-order valence-corrected chi connectivity index (χ4v) is 3.68. The van der Waals surface area contributed by atoms with Gasteiger partial charge in [0.25, 0.3) is 0 Å². The molecule has 1 aromatic heterocycles. The zero-order chi connectivity index (χ0) is 16.7. The van der Waals surface area contributed by atoms with Crippen molar-refractivity contribution in [2.24, 2.45) is 5.92 Å². The number of thioether (sulfide) groups is 1. The first-order chi connectivity index (χ1) is 11.0. The molecule has 1 amide bonds. The molecule has 1 heterocycles. The van der Waals surface area contributed by atoms with Crippen LogP contribution in [-0.2, 0) is 11.3 Å². The van der Waals surface area contributed by atoms with Crippen molar-refractivity contribution in [3.8, 4) is 0 Å². The third-order valence-corrected chi connectivity index (χ3v) is 5.09. The summed E-state index contributed by atoms with van der Waals surface area (Å²) >= 11 is 2.92. The first-order valence-electron chi connectivity index (χ1n) is 7.60. The van der Waals surface area contributed by atoms with Crippen LogP contribution in [0.25, 0.3) is 0 Å². The molecule has 2 rings (SSSR count). The van der Waals surface area contributed by atoms with E-state index in [0.717, 1.165) is 21.6 Å². The van der Waals surface area contributed by atoms with E-state index >= 15 is 0 Å². The summed E-state index contributed by atoms with van der Waals surface area (Å²) in [6.07, 6.45) is 0. The normalized spacial score (nSPS) is 12.2. The van der Waals surface area contributed by atoms with Crippen LogP contribution in [0, 0.1) is 5.92 Å². The van der Waals surface area contributed by atoms with Gasteiger partial charge >= 0.3 is 0 Å². The maximum atomic E-state index is 12.2. The lowest BCUT2D eigenvalue weighted by molar-refractivity contribution is -0.120. The second-order valence-corrected chi connectivity index (χ2v) is 8.18. The zero-order valence-corrected chi connectivity index (χ0v) is 15.2. The maximum absolute atomic E-state index is 12.2. The molecule has 5 nitrogen and oxygen atoms in total. The molecule has 1 aromatic carbocycles. The predicted molar refractivity (Wildman–Crippen MR) is 96.8 cm³/mol. The van der Waals surface area contributed by atoms with Gasteiger partial charge in [0.05, 0.1) is 5.25 Å². The molecule has 0 aliphatic carbocycles. The summed E-state index contributed by atoms with van der Waals surface area (Å²) < 4.78 is 0.804. The molecule has 23 heavy (non-hydrogen) atoms. The van der Waals surface area contributed by atoms with Crippen molar-refractivity contribution in [2.75, 3.05) is 11.9 Å². The summed E-state index contributed by atoms with van der Waals surface area (Å²) in [5.41, 5.74) is 1.09. The van der Waals surface area contributed by atoms with Gasteiger partial charge in [0, 0.05) is 13.1 Å². The second-order valence-electron chi connectivity index (χ2n) is 5.61. The van der Waals surface area contributed by atoms with E-state index in [1.54, 1.807) is 0 Å². The highest BCUT2D eigenvalue weighted by atomic mass is 32.2. The van der Waals surface area contributed by atoms with E-state index in [2.05, 4.69) is 34.7 Å². The summed E-state index contributed by atoms with van der Waals surface area (Å²) in [6.45, 7) is 7.58. The Kier molecular flexibility index (Phi) is 6.85. The predicted octanol–water partition coefficient (Wildman–Crippen LogP) is 3.40. The number of aromatic nitrogens is 2. The molecule has 2 aromatic rings. The van der Waals surface area contributed by atoms with Crippen LogP contribution >= 0.6 is 23.1 Å². The Bertz CT molecular complexity index is 616. The van der Waals surface area contributed by atoms with E-state index in [1.807, 2.05) is 37.3 Å². The third-order valence-electron chi connectivity index (χ3n) is 3.02. The lowest BCUT2D eigenvalue weighted by Gasteiger charge is -2.10. The lowest BCUT2D eigenvalue weighted by Crippen LogP contribution is -2.30. The van der Waals surface area contributed by atoms with Crippen molar-refractivity contribution in [3.05, 3.63) is 35.9 Å². The number of nitrogens with zero attached hydrogens (tertiary/aromatic N) is 2. The Hall–Kier alpha value is -1.60. The van der Waals surface area contributed by atoms with Gasteiger partial charge in [-0.05, 0) is 18.4 Å². The Labute approximate surface area is 145 Å². The quantitative estimate of drug-likeness (QED) is 0.714. The number of carbonyl (C=O) groups excluding carboxylic acids is 1. The molecule has 0 fully saturated rings. The van der Waals surface area contributed by atoms with Crippen LogP contribution in [0.5, 0.6) is 0 Å². The van der Waals surface area contributed by atoms with Crippen LogP contribution in [0.2, 0.25) is 0 Å². The van der Waals surface area contributed by atoms with Gasteiger partial charge in [0.15, 0.2) is 4.34 Å². The van der Waals surface area contributed by atoms with E-state index in [0.29, 0.717) is 12.5 Å². The maximum Gasteiger partial charge on any atom is 0.233 e. The van der Waals surface area contributed by atoms with Gasteiger partial charge in [0.2, 0.25) is 11.0 Å². The van der Waals surface area contributed by atoms with Crippen LogP contribution in [-0.4, -0.2) is 27.9 Å². The van der Waals surface area contributed by atoms with E-state index in [-0.39, 0.29) is 11.2 Å². The summed E-state index contributed by atoms with van der Waals surface area (Å²) in [5, 5.41) is 15.0. The van der Waals surface area contributed by atoms with Crippen molar-refractivity contribution < 1.29 is 4.79 Å². The van der Waals surface area contributed by atoms with Crippen molar-refractivity contribution >= 4 is 34.1 Å². The molecule has 1 atom stereocenters. The Morgan fingerprint density at radius 3 is 2.65 bits per heavy atom. The van der Waals surface area contributed by atoms with Gasteiger partial charge in [0.1, 0.15) is 0 Å². The van der Waals surface area contributed by atoms with Crippen LogP contribution in [0.4, 0.5) is 5.13 Å². The molecule has 0 saturated heterocycles. The minimum atomic E-state index is -0.204. The average Bonchev–Trinajstić information content (AvgIpc) is 2.99. The molecule has 0 spiro atoms. The standard InChI is InChI=1S/C16H22N4OS2/c1-11(2)9-18-15-19-20-16(23-15)22-12(3)14(21)17-10-13-7-5-4-6-8-13/h4-8,11-12H,9-10H2,1-3H3,(H,17,21)(H,18,19). The highest BCUT2D eigenvalue weighted by Crippen LogP contribution is 2.29. The largest absolute Gasteiger partial charge is 0.360 e. The first kappa shape index (κ1) is 17.7. The molecule has 7 heteroatoms. The smallest absolute Gasteiger partial charge is 0.233 e. The number of hydrogen-bond donors (Lipinski definition) is 2. The monoisotopic (exact) mass is 350 g/mol. The number of nitrogens with one attached hydrogen (secondary N) is 2. The van der Waals surface area contributed by atoms with Crippen LogP contribution in [0.1, 0.15) is 26.3 Å². The molecule has 0 radical (unpaired) electrons. The summed E-state index contributed by atoms with van der Waals surface area (Å²) in [4.78, 5) is 12.2. The molecule has 1 unspecified atom stereocenters. The fraction of sp³-hybridized carbons (Fsp3) is 0.438. The number of carbonyl (C=O) groups is 1. The van der Waals surface area contributed by atoms with Crippen LogP contribution in [0.15, 0.2) is 34.7 Å². The van der Waals surface area contributed by atoms with Gasteiger partial charge in [-0.2, -0.15) is 0 Å². The van der Waals surface area contributed by atoms with E-state index < -0.39 is 0 Å². The number of anilines is 1. The second kappa shape index (κ2) is 8.88. The zero-order valence-electron chi connectivity index (χ0n) is 13.6. The lowest BCUT2D eigenvalue weighted by atomic mass is 10.2. The highest BCUT2D eigenvalue weighted by Gasteiger charge is 2.17.